The van der Waals surface area contributed by atoms with Crippen molar-refractivity contribution in [1.29, 1.82) is 0 Å². The Hall–Kier alpha value is -1.74. The van der Waals surface area contributed by atoms with Gasteiger partial charge in [0.15, 0.2) is 0 Å². The maximum atomic E-state index is 4.60. The van der Waals surface area contributed by atoms with Crippen molar-refractivity contribution in [2.45, 2.75) is 25.2 Å². The van der Waals surface area contributed by atoms with Gasteiger partial charge in [-0.3, -0.25) is 9.97 Å². The number of aromatic nitrogens is 2. The third-order valence-electron chi connectivity index (χ3n) is 3.67. The highest BCUT2D eigenvalue weighted by molar-refractivity contribution is 5.21. The van der Waals surface area contributed by atoms with Gasteiger partial charge >= 0.3 is 0 Å². The van der Waals surface area contributed by atoms with E-state index < -0.39 is 0 Å². The molecule has 1 saturated heterocycles. The lowest BCUT2D eigenvalue weighted by molar-refractivity contribution is 0.453. The molecule has 2 aromatic rings. The first-order valence-electron chi connectivity index (χ1n) is 6.97. The van der Waals surface area contributed by atoms with Gasteiger partial charge in [-0.1, -0.05) is 30.3 Å². The number of nitrogens with one attached hydrogen (secondary N) is 1. The van der Waals surface area contributed by atoms with Crippen LogP contribution >= 0.6 is 0 Å². The number of hydrogen-bond donors (Lipinski definition) is 1. The minimum atomic E-state index is 0.534. The van der Waals surface area contributed by atoms with Gasteiger partial charge in [-0.2, -0.15) is 0 Å². The van der Waals surface area contributed by atoms with E-state index >= 15 is 0 Å². The van der Waals surface area contributed by atoms with Crippen LogP contribution in [0.4, 0.5) is 0 Å². The van der Waals surface area contributed by atoms with E-state index in [0.717, 1.165) is 30.9 Å². The molecule has 1 N–H and O–H groups in total. The molecular weight excluding hydrogens is 234 g/mol. The maximum Gasteiger partial charge on any atom is 0.0630 e. The summed E-state index contributed by atoms with van der Waals surface area (Å²) < 4.78 is 0. The van der Waals surface area contributed by atoms with Crippen LogP contribution in [0, 0.1) is 0 Å². The third kappa shape index (κ3) is 3.18. The van der Waals surface area contributed by atoms with Gasteiger partial charge in [-0.15, -0.1) is 0 Å². The second kappa shape index (κ2) is 5.93. The summed E-state index contributed by atoms with van der Waals surface area (Å²) in [6.07, 6.45) is 7.20. The minimum Gasteiger partial charge on any atom is -0.316 e. The van der Waals surface area contributed by atoms with Crippen LogP contribution in [0.1, 0.15) is 35.7 Å². The zero-order valence-electron chi connectivity index (χ0n) is 11.0. The van der Waals surface area contributed by atoms with Crippen LogP contribution in [-0.4, -0.2) is 23.1 Å². The predicted molar refractivity (Wildman–Crippen MR) is 76.1 cm³/mol. The standard InChI is InChI=1S/C16H19N3/c1-2-5-13(6-3-1)9-15-11-19-16(12-18-15)14-7-4-8-17-10-14/h1-3,5-6,11-12,14,17H,4,7-10H2/t14-/m0/s1. The smallest absolute Gasteiger partial charge is 0.0630 e. The van der Waals surface area contributed by atoms with Gasteiger partial charge in [0.05, 0.1) is 11.4 Å². The first kappa shape index (κ1) is 12.3. The normalized spacial score (nSPS) is 19.3. The number of hydrogen-bond acceptors (Lipinski definition) is 3. The quantitative estimate of drug-likeness (QED) is 0.913. The van der Waals surface area contributed by atoms with E-state index in [1.807, 2.05) is 18.5 Å². The van der Waals surface area contributed by atoms with E-state index in [2.05, 4.69) is 39.6 Å². The van der Waals surface area contributed by atoms with E-state index in [1.165, 1.54) is 18.4 Å². The third-order valence-corrected chi connectivity index (χ3v) is 3.67. The van der Waals surface area contributed by atoms with Crippen molar-refractivity contribution >= 4 is 0 Å². The Bertz CT molecular complexity index is 501. The van der Waals surface area contributed by atoms with Crippen LogP contribution in [-0.2, 0) is 6.42 Å². The van der Waals surface area contributed by atoms with Crippen LogP contribution < -0.4 is 5.32 Å². The summed E-state index contributed by atoms with van der Waals surface area (Å²) in [7, 11) is 0. The van der Waals surface area contributed by atoms with Crippen molar-refractivity contribution in [1.82, 2.24) is 15.3 Å². The first-order valence-corrected chi connectivity index (χ1v) is 6.97. The number of piperidine rings is 1. The van der Waals surface area contributed by atoms with E-state index in [4.69, 9.17) is 0 Å². The summed E-state index contributed by atoms with van der Waals surface area (Å²) >= 11 is 0. The highest BCUT2D eigenvalue weighted by Gasteiger charge is 2.16. The molecule has 1 aliphatic heterocycles. The van der Waals surface area contributed by atoms with Gasteiger partial charge < -0.3 is 5.32 Å². The summed E-state index contributed by atoms with van der Waals surface area (Å²) in [5, 5.41) is 3.42. The van der Waals surface area contributed by atoms with Crippen LogP contribution in [0.15, 0.2) is 42.7 Å². The Kier molecular flexibility index (Phi) is 3.84. The SMILES string of the molecule is c1ccc(Cc2cnc([C@H]3CCCNC3)cn2)cc1. The summed E-state index contributed by atoms with van der Waals surface area (Å²) in [6.45, 7) is 2.17. The average Bonchev–Trinajstić information content (AvgIpc) is 2.50. The Morgan fingerprint density at radius 1 is 1.11 bits per heavy atom. The van der Waals surface area contributed by atoms with Crippen LogP contribution in [0.2, 0.25) is 0 Å². The first-order chi connectivity index (χ1) is 9.42. The molecule has 3 nitrogen and oxygen atoms in total. The lowest BCUT2D eigenvalue weighted by atomic mass is 9.96. The molecule has 0 radical (unpaired) electrons. The Labute approximate surface area is 114 Å². The van der Waals surface area contributed by atoms with Gasteiger partial charge in [-0.05, 0) is 24.9 Å². The molecular formula is C16H19N3. The molecule has 0 bridgehead atoms. The van der Waals surface area contributed by atoms with E-state index in [-0.39, 0.29) is 0 Å². The van der Waals surface area contributed by atoms with Gasteiger partial charge in [-0.25, -0.2) is 0 Å². The summed E-state index contributed by atoms with van der Waals surface area (Å²) in [5.74, 6) is 0.534. The molecule has 98 valence electrons. The molecule has 1 aromatic heterocycles. The van der Waals surface area contributed by atoms with E-state index in [0.29, 0.717) is 5.92 Å². The average molecular weight is 253 g/mol. The van der Waals surface area contributed by atoms with Crippen LogP contribution in [0.5, 0.6) is 0 Å². The van der Waals surface area contributed by atoms with Crippen LogP contribution in [0.25, 0.3) is 0 Å². The van der Waals surface area contributed by atoms with Gasteiger partial charge in [0.25, 0.3) is 0 Å². The molecule has 19 heavy (non-hydrogen) atoms. The molecule has 0 aliphatic carbocycles. The molecule has 1 aromatic carbocycles. The summed E-state index contributed by atoms with van der Waals surface area (Å²) in [5.41, 5.74) is 3.45. The van der Waals surface area contributed by atoms with Crippen molar-refractivity contribution in [2.75, 3.05) is 13.1 Å². The van der Waals surface area contributed by atoms with Crippen molar-refractivity contribution in [3.05, 3.63) is 59.7 Å². The van der Waals surface area contributed by atoms with Crippen molar-refractivity contribution < 1.29 is 0 Å². The topological polar surface area (TPSA) is 37.8 Å². The molecule has 3 heteroatoms. The van der Waals surface area contributed by atoms with Gasteiger partial charge in [0.2, 0.25) is 0 Å². The fraction of sp³-hybridized carbons (Fsp3) is 0.375. The summed E-state index contributed by atoms with van der Waals surface area (Å²) in [4.78, 5) is 9.15. The highest BCUT2D eigenvalue weighted by Crippen LogP contribution is 2.20. The van der Waals surface area contributed by atoms with E-state index in [9.17, 15) is 0 Å². The Balaban J connectivity index is 1.68. The molecule has 0 amide bonds. The highest BCUT2D eigenvalue weighted by atomic mass is 14.9. The minimum absolute atomic E-state index is 0.534. The fourth-order valence-electron chi connectivity index (χ4n) is 2.58. The molecule has 1 atom stereocenters. The predicted octanol–water partition coefficient (Wildman–Crippen LogP) is 2.53. The molecule has 1 aliphatic rings. The largest absolute Gasteiger partial charge is 0.316 e. The fourth-order valence-corrected chi connectivity index (χ4v) is 2.58. The Morgan fingerprint density at radius 3 is 2.68 bits per heavy atom. The van der Waals surface area contributed by atoms with Crippen LogP contribution in [0.3, 0.4) is 0 Å². The van der Waals surface area contributed by atoms with Gasteiger partial charge in [0.1, 0.15) is 0 Å². The number of benzene rings is 1. The second-order valence-corrected chi connectivity index (χ2v) is 5.14. The number of nitrogens with zero attached hydrogens (tertiary/aromatic N) is 2. The zero-order chi connectivity index (χ0) is 12.9. The number of rotatable bonds is 3. The second-order valence-electron chi connectivity index (χ2n) is 5.14. The Morgan fingerprint density at radius 2 is 2.00 bits per heavy atom. The molecule has 3 rings (SSSR count). The van der Waals surface area contributed by atoms with Gasteiger partial charge in [0, 0.05) is 31.3 Å². The molecule has 0 unspecified atom stereocenters. The van der Waals surface area contributed by atoms with Crippen molar-refractivity contribution in [2.24, 2.45) is 0 Å². The maximum absolute atomic E-state index is 4.60. The zero-order valence-corrected chi connectivity index (χ0v) is 11.0. The lowest BCUT2D eigenvalue weighted by Gasteiger charge is -2.21. The molecule has 0 saturated carbocycles. The summed E-state index contributed by atoms with van der Waals surface area (Å²) in [6, 6.07) is 10.4. The molecule has 1 fully saturated rings. The van der Waals surface area contributed by atoms with Crippen molar-refractivity contribution in [3.8, 4) is 0 Å². The van der Waals surface area contributed by atoms with E-state index in [1.54, 1.807) is 0 Å². The lowest BCUT2D eigenvalue weighted by Crippen LogP contribution is -2.28. The molecule has 2 heterocycles. The monoisotopic (exact) mass is 253 g/mol. The van der Waals surface area contributed by atoms with Crippen molar-refractivity contribution in [3.63, 3.8) is 0 Å². The molecule has 0 spiro atoms.